The number of ether oxygens (including phenoxy) is 3. The van der Waals surface area contributed by atoms with Crippen LogP contribution in [0.25, 0.3) is 11.0 Å². The summed E-state index contributed by atoms with van der Waals surface area (Å²) in [5, 5.41) is 12.2. The number of nitrogens with one attached hydrogen (secondary N) is 1. The lowest BCUT2D eigenvalue weighted by Gasteiger charge is -2.36. The van der Waals surface area contributed by atoms with E-state index >= 15 is 0 Å². The van der Waals surface area contributed by atoms with Crippen LogP contribution >= 0.6 is 0 Å². The van der Waals surface area contributed by atoms with Crippen molar-refractivity contribution in [3.8, 4) is 0 Å². The highest BCUT2D eigenvalue weighted by atomic mass is 16.7. The zero-order chi connectivity index (χ0) is 27.4. The lowest BCUT2D eigenvalue weighted by molar-refractivity contribution is -0.252. The van der Waals surface area contributed by atoms with E-state index < -0.39 is 24.3 Å². The number of benzene rings is 3. The molecule has 2 heterocycles. The zero-order valence-electron chi connectivity index (χ0n) is 21.8. The Kier molecular flexibility index (Phi) is 8.02. The van der Waals surface area contributed by atoms with Crippen molar-refractivity contribution in [2.24, 2.45) is 0 Å². The van der Waals surface area contributed by atoms with E-state index in [9.17, 15) is 14.7 Å². The van der Waals surface area contributed by atoms with Crippen LogP contribution in [0.2, 0.25) is 0 Å². The third kappa shape index (κ3) is 6.34. The number of carbonyl (C=O) groups excluding carboxylic acids is 2. The minimum absolute atomic E-state index is 0.0253. The summed E-state index contributed by atoms with van der Waals surface area (Å²) in [6.45, 7) is 3.34. The first kappa shape index (κ1) is 26.6. The number of fused-ring (bicyclic) bond motifs is 1. The van der Waals surface area contributed by atoms with E-state index in [4.69, 9.17) is 14.2 Å². The van der Waals surface area contributed by atoms with E-state index in [1.165, 1.54) is 13.8 Å². The number of rotatable bonds is 8. The molecule has 0 saturated carbocycles. The Hall–Kier alpha value is -4.05. The molecule has 0 bridgehead atoms. The molecule has 2 N–H and O–H groups in total. The maximum atomic E-state index is 12.5. The van der Waals surface area contributed by atoms with E-state index in [-0.39, 0.29) is 18.8 Å². The van der Waals surface area contributed by atoms with Gasteiger partial charge in [-0.15, -0.1) is 0 Å². The molecule has 0 radical (unpaired) electrons. The summed E-state index contributed by atoms with van der Waals surface area (Å²) in [6.07, 6.45) is 0.393. The number of amides is 1. The van der Waals surface area contributed by atoms with Gasteiger partial charge >= 0.3 is 5.97 Å². The fourth-order valence-corrected chi connectivity index (χ4v) is 4.72. The van der Waals surface area contributed by atoms with Gasteiger partial charge in [-0.2, -0.15) is 0 Å². The summed E-state index contributed by atoms with van der Waals surface area (Å²) < 4.78 is 20.0. The third-order valence-corrected chi connectivity index (χ3v) is 6.68. The Morgan fingerprint density at radius 1 is 1.08 bits per heavy atom. The molecule has 202 valence electrons. The molecule has 1 aliphatic heterocycles. The van der Waals surface area contributed by atoms with Crippen molar-refractivity contribution in [3.63, 3.8) is 0 Å². The van der Waals surface area contributed by atoms with Crippen LogP contribution in [0.5, 0.6) is 0 Å². The molecule has 39 heavy (non-hydrogen) atoms. The van der Waals surface area contributed by atoms with Gasteiger partial charge in [0.1, 0.15) is 0 Å². The molecule has 0 spiro atoms. The number of aliphatic hydroxyl groups is 1. The van der Waals surface area contributed by atoms with Crippen LogP contribution in [0.15, 0.2) is 79.1 Å². The lowest BCUT2D eigenvalue weighted by atomic mass is 10.00. The Balaban J connectivity index is 1.39. The van der Waals surface area contributed by atoms with Crippen molar-refractivity contribution in [2.45, 2.75) is 58.0 Å². The normalized spacial score (nSPS) is 19.9. The van der Waals surface area contributed by atoms with Crippen LogP contribution in [0.1, 0.15) is 49.4 Å². The van der Waals surface area contributed by atoms with E-state index in [2.05, 4.69) is 14.9 Å². The average molecular weight is 530 g/mol. The Labute approximate surface area is 226 Å². The number of aliphatic hydroxyl groups excluding tert-OH is 1. The van der Waals surface area contributed by atoms with Crippen molar-refractivity contribution < 1.29 is 28.9 Å². The fourth-order valence-electron chi connectivity index (χ4n) is 4.72. The second kappa shape index (κ2) is 11.8. The molecule has 1 amide bonds. The van der Waals surface area contributed by atoms with Gasteiger partial charge in [0, 0.05) is 24.6 Å². The second-order valence-corrected chi connectivity index (χ2v) is 9.60. The monoisotopic (exact) mass is 529 g/mol. The standard InChI is InChI=1S/C30H31N3O6/c1-19(37-20(2)35)29(36)32-24-7-5-6-23(14-24)30-38-25(16-33-18-31-26-8-3-4-9-27(26)33)15-28(39-30)22-12-10-21(17-34)11-13-22/h3-14,18-19,25,28,30,34H,15-17H2,1-2H3,(H,32,36)/t19-,25+,28-,30-/m0/s1. The Morgan fingerprint density at radius 2 is 1.87 bits per heavy atom. The van der Waals surface area contributed by atoms with E-state index in [1.807, 2.05) is 67.0 Å². The van der Waals surface area contributed by atoms with Gasteiger partial charge in [-0.05, 0) is 42.3 Å². The van der Waals surface area contributed by atoms with E-state index in [0.29, 0.717) is 18.7 Å². The number of carbonyl (C=O) groups is 2. The highest BCUT2D eigenvalue weighted by molar-refractivity contribution is 5.95. The molecular formula is C30H31N3O6. The summed E-state index contributed by atoms with van der Waals surface area (Å²) in [6, 6.07) is 22.9. The van der Waals surface area contributed by atoms with E-state index in [0.717, 1.165) is 27.7 Å². The van der Waals surface area contributed by atoms with Crippen LogP contribution in [-0.2, 0) is 37.0 Å². The predicted molar refractivity (Wildman–Crippen MR) is 144 cm³/mol. The Bertz CT molecular complexity index is 1450. The summed E-state index contributed by atoms with van der Waals surface area (Å²) >= 11 is 0. The number of para-hydroxylation sites is 2. The summed E-state index contributed by atoms with van der Waals surface area (Å²) in [7, 11) is 0. The van der Waals surface area contributed by atoms with Gasteiger partial charge < -0.3 is 29.2 Å². The number of hydrogen-bond acceptors (Lipinski definition) is 7. The van der Waals surface area contributed by atoms with Gasteiger partial charge in [0.05, 0.1) is 42.7 Å². The molecule has 1 fully saturated rings. The number of hydrogen-bond donors (Lipinski definition) is 2. The molecule has 4 aromatic rings. The maximum Gasteiger partial charge on any atom is 0.303 e. The van der Waals surface area contributed by atoms with Gasteiger partial charge in [0.25, 0.3) is 5.91 Å². The first-order valence-corrected chi connectivity index (χ1v) is 12.9. The van der Waals surface area contributed by atoms with Gasteiger partial charge in [0.2, 0.25) is 0 Å². The molecule has 3 aromatic carbocycles. The number of nitrogens with zero attached hydrogens (tertiary/aromatic N) is 2. The molecule has 0 aliphatic carbocycles. The van der Waals surface area contributed by atoms with Crippen LogP contribution in [0.4, 0.5) is 5.69 Å². The smallest absolute Gasteiger partial charge is 0.303 e. The highest BCUT2D eigenvalue weighted by Gasteiger charge is 2.33. The van der Waals surface area contributed by atoms with Crippen LogP contribution < -0.4 is 5.32 Å². The second-order valence-electron chi connectivity index (χ2n) is 9.60. The minimum Gasteiger partial charge on any atom is -0.453 e. The topological polar surface area (TPSA) is 112 Å². The zero-order valence-corrected chi connectivity index (χ0v) is 21.8. The molecular weight excluding hydrogens is 498 g/mol. The molecule has 5 rings (SSSR count). The van der Waals surface area contributed by atoms with Crippen LogP contribution in [-0.4, -0.2) is 38.7 Å². The van der Waals surface area contributed by atoms with E-state index in [1.54, 1.807) is 12.1 Å². The van der Waals surface area contributed by atoms with Crippen LogP contribution in [0, 0.1) is 0 Å². The largest absolute Gasteiger partial charge is 0.453 e. The fraction of sp³-hybridized carbons (Fsp3) is 0.300. The number of anilines is 1. The first-order chi connectivity index (χ1) is 18.9. The molecule has 1 aromatic heterocycles. The van der Waals surface area contributed by atoms with Crippen molar-refractivity contribution in [1.82, 2.24) is 9.55 Å². The molecule has 4 atom stereocenters. The predicted octanol–water partition coefficient (Wildman–Crippen LogP) is 4.66. The van der Waals surface area contributed by atoms with Gasteiger partial charge in [-0.1, -0.05) is 48.5 Å². The number of aromatic nitrogens is 2. The maximum absolute atomic E-state index is 12.5. The quantitative estimate of drug-likeness (QED) is 0.319. The van der Waals surface area contributed by atoms with Gasteiger partial charge in [-0.25, -0.2) is 4.98 Å². The Morgan fingerprint density at radius 3 is 2.64 bits per heavy atom. The van der Waals surface area contributed by atoms with Crippen LogP contribution in [0.3, 0.4) is 0 Å². The van der Waals surface area contributed by atoms with Crippen molar-refractivity contribution >= 4 is 28.6 Å². The molecule has 9 heteroatoms. The van der Waals surface area contributed by atoms with Crippen molar-refractivity contribution in [1.29, 1.82) is 0 Å². The number of esters is 1. The summed E-state index contributed by atoms with van der Waals surface area (Å²) in [5.41, 5.74) is 5.04. The lowest BCUT2D eigenvalue weighted by Crippen LogP contribution is -2.32. The van der Waals surface area contributed by atoms with Gasteiger partial charge in [-0.3, -0.25) is 9.59 Å². The molecule has 1 aliphatic rings. The highest BCUT2D eigenvalue weighted by Crippen LogP contribution is 2.39. The summed E-state index contributed by atoms with van der Waals surface area (Å²) in [5.74, 6) is -0.954. The molecule has 9 nitrogen and oxygen atoms in total. The summed E-state index contributed by atoms with van der Waals surface area (Å²) in [4.78, 5) is 28.2. The first-order valence-electron chi connectivity index (χ1n) is 12.9. The van der Waals surface area contributed by atoms with Gasteiger partial charge in [0.15, 0.2) is 12.4 Å². The number of imidazole rings is 1. The third-order valence-electron chi connectivity index (χ3n) is 6.68. The minimum atomic E-state index is -0.922. The van der Waals surface area contributed by atoms with Crippen molar-refractivity contribution in [2.75, 3.05) is 5.32 Å². The molecule has 0 unspecified atom stereocenters. The SMILES string of the molecule is CC(=O)O[C@@H](C)C(=O)Nc1cccc([C@H]2O[C@@H](Cn3cnc4ccccc43)C[C@@H](c3ccc(CO)cc3)O2)c1. The molecule has 1 saturated heterocycles. The average Bonchev–Trinajstić information content (AvgIpc) is 3.35. The van der Waals surface area contributed by atoms with Crippen molar-refractivity contribution in [3.05, 3.63) is 95.8 Å².